The Morgan fingerprint density at radius 3 is 1.91 bits per heavy atom. The third kappa shape index (κ3) is 5.26. The number of aryl methyl sites for hydroxylation is 2. The third-order valence-electron chi connectivity index (χ3n) is 5.68. The molecule has 0 unspecified atom stereocenters. The molecule has 0 N–H and O–H groups in total. The van der Waals surface area contributed by atoms with Gasteiger partial charge in [0, 0.05) is 12.6 Å². The third-order valence-corrected chi connectivity index (χ3v) is 9.09. The van der Waals surface area contributed by atoms with Crippen LogP contribution < -0.4 is 0 Å². The number of nitrogens with zero attached hydrogens (tertiary/aromatic N) is 3. The van der Waals surface area contributed by atoms with Crippen molar-refractivity contribution in [3.05, 3.63) is 59.7 Å². The Hall–Kier alpha value is -1.94. The van der Waals surface area contributed by atoms with Gasteiger partial charge in [0.15, 0.2) is 0 Å². The van der Waals surface area contributed by atoms with Gasteiger partial charge in [-0.05, 0) is 51.0 Å². The highest BCUT2D eigenvalue weighted by Gasteiger charge is 2.46. The standard InChI is InChI=1S/C23H30ClN3O4S2/c1-16(2)23-26(33(30,31)21-12-8-18(4)9-13-21)15-19(5)27(23)22(14-24)25-32(28,29)20-10-6-17(3)7-11-20/h6-13,16,19,23H,14-15H2,1-5H3/t19-,23-/m1/s1. The first-order chi connectivity index (χ1) is 15.4. The lowest BCUT2D eigenvalue weighted by molar-refractivity contribution is 0.198. The Bertz CT molecular complexity index is 1230. The maximum atomic E-state index is 13.5. The summed E-state index contributed by atoms with van der Waals surface area (Å²) in [5, 5.41) is 0. The molecule has 2 atom stereocenters. The molecule has 7 nitrogen and oxygen atoms in total. The van der Waals surface area contributed by atoms with E-state index < -0.39 is 26.2 Å². The van der Waals surface area contributed by atoms with Crippen molar-refractivity contribution in [1.82, 2.24) is 9.21 Å². The van der Waals surface area contributed by atoms with Gasteiger partial charge in [-0.15, -0.1) is 16.0 Å². The number of amidine groups is 1. The number of alkyl halides is 1. The van der Waals surface area contributed by atoms with E-state index in [9.17, 15) is 16.8 Å². The van der Waals surface area contributed by atoms with E-state index in [4.69, 9.17) is 11.6 Å². The molecule has 0 spiro atoms. The largest absolute Gasteiger partial charge is 0.337 e. The smallest absolute Gasteiger partial charge is 0.283 e. The summed E-state index contributed by atoms with van der Waals surface area (Å²) in [5.74, 6) is -0.187. The van der Waals surface area contributed by atoms with Crippen LogP contribution in [0.25, 0.3) is 0 Å². The van der Waals surface area contributed by atoms with E-state index in [1.807, 2.05) is 34.6 Å². The first kappa shape index (κ1) is 25.7. The molecule has 1 aliphatic rings. The highest BCUT2D eigenvalue weighted by Crippen LogP contribution is 2.33. The van der Waals surface area contributed by atoms with Crippen LogP contribution in [0.3, 0.4) is 0 Å². The van der Waals surface area contributed by atoms with Crippen molar-refractivity contribution in [2.75, 3.05) is 12.4 Å². The second-order valence-electron chi connectivity index (χ2n) is 8.73. The fourth-order valence-electron chi connectivity index (χ4n) is 4.04. The molecule has 10 heteroatoms. The Morgan fingerprint density at radius 1 is 0.970 bits per heavy atom. The second-order valence-corrected chi connectivity index (χ2v) is 12.5. The predicted molar refractivity (Wildman–Crippen MR) is 132 cm³/mol. The average Bonchev–Trinajstić information content (AvgIpc) is 3.11. The van der Waals surface area contributed by atoms with E-state index in [2.05, 4.69) is 4.40 Å². The molecule has 0 bridgehead atoms. The molecule has 0 amide bonds. The lowest BCUT2D eigenvalue weighted by Crippen LogP contribution is -2.49. The van der Waals surface area contributed by atoms with Crippen LogP contribution in [0.1, 0.15) is 31.9 Å². The summed E-state index contributed by atoms with van der Waals surface area (Å²) in [6.45, 7) is 9.60. The molecular weight excluding hydrogens is 482 g/mol. The van der Waals surface area contributed by atoms with Crippen LogP contribution in [0.5, 0.6) is 0 Å². The lowest BCUT2D eigenvalue weighted by atomic mass is 10.1. The SMILES string of the molecule is Cc1ccc(S(=O)(=O)N=C(CCl)N2[C@H](C)CN(S(=O)(=O)c3ccc(C)cc3)[C@H]2C(C)C)cc1. The molecule has 0 aromatic heterocycles. The van der Waals surface area contributed by atoms with Crippen LogP contribution in [0.15, 0.2) is 62.7 Å². The number of halogens is 1. The minimum atomic E-state index is -4.01. The minimum Gasteiger partial charge on any atom is -0.337 e. The predicted octanol–water partition coefficient (Wildman–Crippen LogP) is 4.01. The van der Waals surface area contributed by atoms with Crippen molar-refractivity contribution in [3.8, 4) is 0 Å². The van der Waals surface area contributed by atoms with E-state index in [1.165, 1.54) is 16.4 Å². The van der Waals surface area contributed by atoms with Crippen molar-refractivity contribution in [3.63, 3.8) is 0 Å². The van der Waals surface area contributed by atoms with Crippen molar-refractivity contribution in [2.24, 2.45) is 10.3 Å². The molecule has 0 radical (unpaired) electrons. The summed E-state index contributed by atoms with van der Waals surface area (Å²) in [6.07, 6.45) is -0.628. The number of rotatable bonds is 6. The van der Waals surface area contributed by atoms with Gasteiger partial charge in [0.2, 0.25) is 10.0 Å². The van der Waals surface area contributed by atoms with E-state index in [-0.39, 0.29) is 40.0 Å². The van der Waals surface area contributed by atoms with Crippen LogP contribution in [0.2, 0.25) is 0 Å². The molecule has 2 aromatic rings. The normalized spacial score (nSPS) is 20.6. The van der Waals surface area contributed by atoms with Gasteiger partial charge in [-0.25, -0.2) is 8.42 Å². The highest BCUT2D eigenvalue weighted by molar-refractivity contribution is 7.90. The minimum absolute atomic E-state index is 0.0628. The van der Waals surface area contributed by atoms with Gasteiger partial charge in [0.1, 0.15) is 12.0 Å². The quantitative estimate of drug-likeness (QED) is 0.332. The van der Waals surface area contributed by atoms with Gasteiger partial charge in [0.05, 0.1) is 15.7 Å². The molecule has 0 aliphatic carbocycles. The van der Waals surface area contributed by atoms with E-state index in [0.29, 0.717) is 0 Å². The van der Waals surface area contributed by atoms with E-state index in [1.54, 1.807) is 41.3 Å². The van der Waals surface area contributed by atoms with Crippen molar-refractivity contribution >= 4 is 37.5 Å². The highest BCUT2D eigenvalue weighted by atomic mass is 35.5. The van der Waals surface area contributed by atoms with E-state index in [0.717, 1.165) is 11.1 Å². The molecule has 2 aromatic carbocycles. The zero-order chi connectivity index (χ0) is 24.6. The molecule has 1 heterocycles. The number of hydrogen-bond donors (Lipinski definition) is 0. The Labute approximate surface area is 202 Å². The summed E-state index contributed by atoms with van der Waals surface area (Å²) in [5.41, 5.74) is 1.89. The van der Waals surface area contributed by atoms with Crippen molar-refractivity contribution in [2.45, 2.75) is 56.6 Å². The molecule has 1 saturated heterocycles. The Kier molecular flexibility index (Phi) is 7.58. The summed E-state index contributed by atoms with van der Waals surface area (Å²) in [7, 11) is -7.83. The van der Waals surface area contributed by atoms with Gasteiger partial charge in [-0.1, -0.05) is 49.2 Å². The second kappa shape index (κ2) is 9.74. The van der Waals surface area contributed by atoms with Crippen LogP contribution in [-0.4, -0.2) is 56.5 Å². The van der Waals surface area contributed by atoms with Gasteiger partial charge in [-0.3, -0.25) is 0 Å². The number of sulfonamides is 2. The van der Waals surface area contributed by atoms with Gasteiger partial charge in [0.25, 0.3) is 10.0 Å². The zero-order valence-corrected chi connectivity index (χ0v) is 21.8. The Balaban J connectivity index is 2.04. The lowest BCUT2D eigenvalue weighted by Gasteiger charge is -2.35. The molecule has 3 rings (SSSR count). The maximum Gasteiger partial charge on any atom is 0.283 e. The van der Waals surface area contributed by atoms with Crippen LogP contribution in [0.4, 0.5) is 0 Å². The number of hydrogen-bond acceptors (Lipinski definition) is 4. The Morgan fingerprint density at radius 2 is 1.45 bits per heavy atom. The fourth-order valence-corrected chi connectivity index (χ4v) is 7.13. The van der Waals surface area contributed by atoms with Crippen LogP contribution >= 0.6 is 11.6 Å². The van der Waals surface area contributed by atoms with E-state index >= 15 is 0 Å². The number of benzene rings is 2. The summed E-state index contributed by atoms with van der Waals surface area (Å²) in [4.78, 5) is 1.99. The molecule has 0 saturated carbocycles. The van der Waals surface area contributed by atoms with Crippen LogP contribution in [-0.2, 0) is 20.0 Å². The first-order valence-electron chi connectivity index (χ1n) is 10.7. The van der Waals surface area contributed by atoms with Crippen molar-refractivity contribution in [1.29, 1.82) is 0 Å². The topological polar surface area (TPSA) is 87.1 Å². The molecule has 1 fully saturated rings. The molecule has 180 valence electrons. The van der Waals surface area contributed by atoms with Crippen LogP contribution in [0, 0.1) is 19.8 Å². The molecule has 1 aliphatic heterocycles. The monoisotopic (exact) mass is 511 g/mol. The fraction of sp³-hybridized carbons (Fsp3) is 0.435. The first-order valence-corrected chi connectivity index (χ1v) is 14.1. The average molecular weight is 512 g/mol. The zero-order valence-electron chi connectivity index (χ0n) is 19.4. The molecular formula is C23H30ClN3O4S2. The summed E-state index contributed by atoms with van der Waals surface area (Å²) < 4.78 is 58.5. The van der Waals surface area contributed by atoms with Gasteiger partial charge >= 0.3 is 0 Å². The van der Waals surface area contributed by atoms with Gasteiger partial charge in [-0.2, -0.15) is 12.7 Å². The maximum absolute atomic E-state index is 13.5. The summed E-state index contributed by atoms with van der Waals surface area (Å²) >= 11 is 6.19. The van der Waals surface area contributed by atoms with Crippen molar-refractivity contribution < 1.29 is 16.8 Å². The summed E-state index contributed by atoms with van der Waals surface area (Å²) in [6, 6.07) is 12.8. The molecule has 33 heavy (non-hydrogen) atoms. The van der Waals surface area contributed by atoms with Gasteiger partial charge < -0.3 is 4.90 Å².